The van der Waals surface area contributed by atoms with E-state index in [1.807, 2.05) is 50.2 Å². The number of nitrogens with zero attached hydrogens (tertiary/aromatic N) is 2. The quantitative estimate of drug-likeness (QED) is 0.420. The number of hydrogen-bond donors (Lipinski definition) is 3. The number of aromatic nitrogens is 1. The first-order valence-corrected chi connectivity index (χ1v) is 9.66. The lowest BCUT2D eigenvalue weighted by Crippen LogP contribution is -2.32. The molecule has 0 radical (unpaired) electrons. The van der Waals surface area contributed by atoms with Gasteiger partial charge in [0.2, 0.25) is 0 Å². The Bertz CT molecular complexity index is 1090. The summed E-state index contributed by atoms with van der Waals surface area (Å²) in [5.41, 5.74) is 4.47. The molecule has 3 aromatic rings. The molecule has 2 aromatic carbocycles. The number of anilines is 2. The number of fused-ring (bicyclic) bond motifs is 1. The van der Waals surface area contributed by atoms with Crippen molar-refractivity contribution < 1.29 is 4.74 Å². The molecule has 0 fully saturated rings. The summed E-state index contributed by atoms with van der Waals surface area (Å²) in [7, 11) is 1.62. The molecule has 1 aromatic heterocycles. The fraction of sp³-hybridized carbons (Fsp3) is 0.227. The molecule has 0 aliphatic rings. The van der Waals surface area contributed by atoms with Crippen molar-refractivity contribution in [1.29, 1.82) is 5.26 Å². The Kier molecular flexibility index (Phi) is 6.47. The first-order valence-electron chi connectivity index (χ1n) is 9.25. The van der Waals surface area contributed by atoms with Crippen molar-refractivity contribution in [2.75, 3.05) is 30.8 Å². The van der Waals surface area contributed by atoms with Crippen LogP contribution in [0.25, 0.3) is 10.9 Å². The number of hydrogen-bond acceptors (Lipinski definition) is 5. The fourth-order valence-corrected chi connectivity index (χ4v) is 3.35. The highest BCUT2D eigenvalue weighted by Gasteiger charge is 2.09. The molecule has 0 aliphatic heterocycles. The Morgan fingerprint density at radius 1 is 1.17 bits per heavy atom. The van der Waals surface area contributed by atoms with Crippen molar-refractivity contribution in [2.24, 2.45) is 0 Å². The number of pyridine rings is 1. The minimum absolute atomic E-state index is 0.495. The van der Waals surface area contributed by atoms with Crippen LogP contribution in [0.5, 0.6) is 5.75 Å². The smallest absolute Gasteiger partial charge is 0.170 e. The van der Waals surface area contributed by atoms with Crippen molar-refractivity contribution in [3.05, 3.63) is 59.2 Å². The predicted octanol–water partition coefficient (Wildman–Crippen LogP) is 4.13. The molecule has 0 amide bonds. The van der Waals surface area contributed by atoms with E-state index >= 15 is 0 Å². The number of nitrogens with one attached hydrogen (secondary N) is 3. The molecule has 7 heteroatoms. The molecular formula is C22H23N5OS. The lowest BCUT2D eigenvalue weighted by atomic mass is 10.1. The van der Waals surface area contributed by atoms with Gasteiger partial charge in [0, 0.05) is 18.5 Å². The highest BCUT2D eigenvalue weighted by Crippen LogP contribution is 2.24. The normalized spacial score (nSPS) is 10.3. The van der Waals surface area contributed by atoms with Gasteiger partial charge in [-0.3, -0.25) is 0 Å². The summed E-state index contributed by atoms with van der Waals surface area (Å²) in [6, 6.07) is 15.8. The van der Waals surface area contributed by atoms with Crippen LogP contribution in [-0.2, 0) is 0 Å². The van der Waals surface area contributed by atoms with Gasteiger partial charge in [-0.15, -0.1) is 0 Å². The third-order valence-corrected chi connectivity index (χ3v) is 4.68. The molecule has 6 nitrogen and oxygen atoms in total. The summed E-state index contributed by atoms with van der Waals surface area (Å²) in [4.78, 5) is 4.67. The lowest BCUT2D eigenvalue weighted by molar-refractivity contribution is 0.417. The number of ether oxygens (including phenoxy) is 1. The van der Waals surface area contributed by atoms with Crippen molar-refractivity contribution in [2.45, 2.75) is 13.8 Å². The van der Waals surface area contributed by atoms with Gasteiger partial charge < -0.3 is 20.7 Å². The van der Waals surface area contributed by atoms with Gasteiger partial charge >= 0.3 is 0 Å². The fourth-order valence-electron chi connectivity index (χ4n) is 3.14. The van der Waals surface area contributed by atoms with Crippen LogP contribution >= 0.6 is 12.2 Å². The summed E-state index contributed by atoms with van der Waals surface area (Å²) >= 11 is 5.34. The SMILES string of the molecule is COc1ccccc1NC(=S)NCCNc1nc2c(C)cc(C)cc2cc1C#N. The van der Waals surface area contributed by atoms with Crippen LogP contribution in [0.1, 0.15) is 16.7 Å². The molecule has 0 aliphatic carbocycles. The molecule has 0 saturated carbocycles. The highest BCUT2D eigenvalue weighted by molar-refractivity contribution is 7.80. The minimum atomic E-state index is 0.495. The second-order valence-corrected chi connectivity index (χ2v) is 7.07. The molecule has 0 saturated heterocycles. The average Bonchev–Trinajstić information content (AvgIpc) is 2.71. The maximum atomic E-state index is 9.49. The minimum Gasteiger partial charge on any atom is -0.495 e. The molecule has 29 heavy (non-hydrogen) atoms. The van der Waals surface area contributed by atoms with Gasteiger partial charge in [0.25, 0.3) is 0 Å². The van der Waals surface area contributed by atoms with Crippen molar-refractivity contribution >= 4 is 39.7 Å². The topological polar surface area (TPSA) is 82.0 Å². The van der Waals surface area contributed by atoms with Crippen LogP contribution in [0.15, 0.2) is 42.5 Å². The number of benzene rings is 2. The average molecular weight is 406 g/mol. The zero-order chi connectivity index (χ0) is 20.8. The van der Waals surface area contributed by atoms with Gasteiger partial charge in [0.1, 0.15) is 17.6 Å². The van der Waals surface area contributed by atoms with E-state index in [-0.39, 0.29) is 0 Å². The Balaban J connectivity index is 1.61. The van der Waals surface area contributed by atoms with Gasteiger partial charge in [0.05, 0.1) is 23.9 Å². The van der Waals surface area contributed by atoms with Crippen LogP contribution in [0.3, 0.4) is 0 Å². The molecule has 3 rings (SSSR count). The molecule has 0 spiro atoms. The van der Waals surface area contributed by atoms with E-state index in [0.29, 0.717) is 29.6 Å². The van der Waals surface area contributed by atoms with Crippen molar-refractivity contribution in [3.63, 3.8) is 0 Å². The van der Waals surface area contributed by atoms with Crippen molar-refractivity contribution in [3.8, 4) is 11.8 Å². The summed E-state index contributed by atoms with van der Waals surface area (Å²) in [6.45, 7) is 5.20. The van der Waals surface area contributed by atoms with E-state index in [1.165, 1.54) is 0 Å². The Morgan fingerprint density at radius 2 is 1.97 bits per heavy atom. The second kappa shape index (κ2) is 9.22. The monoisotopic (exact) mass is 405 g/mol. The van der Waals surface area contributed by atoms with Crippen molar-refractivity contribution in [1.82, 2.24) is 10.3 Å². The zero-order valence-corrected chi connectivity index (χ0v) is 17.5. The molecule has 0 unspecified atom stereocenters. The number of methoxy groups -OCH3 is 1. The standard InChI is InChI=1S/C22H23N5OS/c1-14-10-15(2)20-16(11-14)12-17(13-23)21(27-20)24-8-9-25-22(29)26-18-6-4-5-7-19(18)28-3/h4-7,10-12H,8-9H2,1-3H3,(H,24,27)(H2,25,26,29). The maximum Gasteiger partial charge on any atom is 0.170 e. The Morgan fingerprint density at radius 3 is 2.72 bits per heavy atom. The second-order valence-electron chi connectivity index (χ2n) is 6.66. The Hall–Kier alpha value is -3.37. The molecule has 148 valence electrons. The highest BCUT2D eigenvalue weighted by atomic mass is 32.1. The maximum absolute atomic E-state index is 9.49. The summed E-state index contributed by atoms with van der Waals surface area (Å²) < 4.78 is 5.31. The van der Waals surface area contributed by atoms with Crippen LogP contribution in [0.4, 0.5) is 11.5 Å². The summed E-state index contributed by atoms with van der Waals surface area (Å²) in [6.07, 6.45) is 0. The zero-order valence-electron chi connectivity index (χ0n) is 16.7. The molecule has 0 bridgehead atoms. The molecule has 3 N–H and O–H groups in total. The van der Waals surface area contributed by atoms with Gasteiger partial charge in [0.15, 0.2) is 5.11 Å². The lowest BCUT2D eigenvalue weighted by Gasteiger charge is -2.14. The third kappa shape index (κ3) is 4.92. The van der Waals surface area contributed by atoms with E-state index < -0.39 is 0 Å². The van der Waals surface area contributed by atoms with Crippen LogP contribution in [0, 0.1) is 25.2 Å². The van der Waals surface area contributed by atoms with Gasteiger partial charge in [-0.05, 0) is 55.9 Å². The van der Waals surface area contributed by atoms with Gasteiger partial charge in [-0.25, -0.2) is 4.98 Å². The summed E-state index contributed by atoms with van der Waals surface area (Å²) in [5, 5.41) is 20.4. The van der Waals surface area contributed by atoms with E-state index in [2.05, 4.69) is 33.1 Å². The predicted molar refractivity (Wildman–Crippen MR) is 122 cm³/mol. The van der Waals surface area contributed by atoms with Gasteiger partial charge in [-0.2, -0.15) is 5.26 Å². The van der Waals surface area contributed by atoms with Gasteiger partial charge in [-0.1, -0.05) is 23.8 Å². The van der Waals surface area contributed by atoms with Crippen LogP contribution < -0.4 is 20.7 Å². The number of nitriles is 1. The largest absolute Gasteiger partial charge is 0.495 e. The van der Waals surface area contributed by atoms with E-state index in [0.717, 1.165) is 33.5 Å². The van der Waals surface area contributed by atoms with E-state index in [9.17, 15) is 5.26 Å². The Labute approximate surface area is 175 Å². The number of aryl methyl sites for hydroxylation is 2. The molecule has 1 heterocycles. The van der Waals surface area contributed by atoms with Crippen LogP contribution in [0.2, 0.25) is 0 Å². The molecule has 0 atom stereocenters. The van der Waals surface area contributed by atoms with E-state index in [1.54, 1.807) is 7.11 Å². The number of para-hydroxylation sites is 2. The van der Waals surface area contributed by atoms with Crippen LogP contribution in [-0.4, -0.2) is 30.3 Å². The first kappa shape index (κ1) is 20.4. The first-order chi connectivity index (χ1) is 14.0. The third-order valence-electron chi connectivity index (χ3n) is 4.43. The molecular weight excluding hydrogens is 382 g/mol. The summed E-state index contributed by atoms with van der Waals surface area (Å²) in [5.74, 6) is 1.30. The van der Waals surface area contributed by atoms with E-state index in [4.69, 9.17) is 17.0 Å². The number of thiocarbonyl (C=S) groups is 1. The number of rotatable bonds is 6.